The number of hydrogen-bond donors (Lipinski definition) is 3. The van der Waals surface area contributed by atoms with Gasteiger partial charge in [0.2, 0.25) is 5.91 Å². The zero-order valence-electron chi connectivity index (χ0n) is 16.7. The molecule has 0 fully saturated rings. The van der Waals surface area contributed by atoms with Gasteiger partial charge in [-0.25, -0.2) is 0 Å². The van der Waals surface area contributed by atoms with Crippen molar-refractivity contribution in [1.29, 1.82) is 0 Å². The summed E-state index contributed by atoms with van der Waals surface area (Å²) in [5.41, 5.74) is 5.21. The Bertz CT molecular complexity index is 980. The van der Waals surface area contributed by atoms with Crippen LogP contribution in [0.1, 0.15) is 27.0 Å². The Morgan fingerprint density at radius 2 is 1.41 bits per heavy atom. The fourth-order valence-electron chi connectivity index (χ4n) is 2.84. The van der Waals surface area contributed by atoms with Gasteiger partial charge in [0, 0.05) is 17.9 Å². The maximum absolute atomic E-state index is 12.6. The molecular weight excluding hydrogens is 362 g/mol. The molecule has 5 heteroatoms. The van der Waals surface area contributed by atoms with Crippen LogP contribution in [0.5, 0.6) is 0 Å². The highest BCUT2D eigenvalue weighted by atomic mass is 16.2. The van der Waals surface area contributed by atoms with Gasteiger partial charge in [-0.1, -0.05) is 59.7 Å². The summed E-state index contributed by atoms with van der Waals surface area (Å²) in [5.74, 6) is -0.365. The lowest BCUT2D eigenvalue weighted by Crippen LogP contribution is -2.26. The maximum atomic E-state index is 12.6. The molecule has 0 aliphatic heterocycles. The first-order valence-corrected chi connectivity index (χ1v) is 9.54. The van der Waals surface area contributed by atoms with Crippen molar-refractivity contribution >= 4 is 23.2 Å². The number of carbonyl (C=O) groups excluding carboxylic acids is 2. The van der Waals surface area contributed by atoms with Crippen molar-refractivity contribution in [2.24, 2.45) is 0 Å². The van der Waals surface area contributed by atoms with E-state index >= 15 is 0 Å². The Morgan fingerprint density at radius 1 is 0.793 bits per heavy atom. The molecule has 2 amide bonds. The second-order valence-corrected chi connectivity index (χ2v) is 6.98. The van der Waals surface area contributed by atoms with Gasteiger partial charge in [0.25, 0.3) is 5.91 Å². The predicted molar refractivity (Wildman–Crippen MR) is 117 cm³/mol. The molecule has 3 rings (SSSR count). The molecule has 0 unspecified atom stereocenters. The number of amides is 2. The van der Waals surface area contributed by atoms with E-state index < -0.39 is 0 Å². The third-order valence-corrected chi connectivity index (χ3v) is 4.52. The summed E-state index contributed by atoms with van der Waals surface area (Å²) in [6.07, 6.45) is 0. The molecule has 29 heavy (non-hydrogen) atoms. The summed E-state index contributed by atoms with van der Waals surface area (Å²) in [4.78, 5) is 24.8. The molecule has 0 heterocycles. The van der Waals surface area contributed by atoms with Crippen LogP contribution in [0.4, 0.5) is 11.4 Å². The van der Waals surface area contributed by atoms with Gasteiger partial charge in [-0.2, -0.15) is 0 Å². The van der Waals surface area contributed by atoms with Gasteiger partial charge in [-0.05, 0) is 43.7 Å². The molecule has 0 bridgehead atoms. The standard InChI is InChI=1S/C24H25N3O2/c1-17-7-11-19(12-8-17)15-26-24(29)21-5-3-4-6-22(21)25-16-23(28)27-20-13-9-18(2)10-14-20/h3-14,25H,15-16H2,1-2H3,(H,26,29)(H,27,28). The number of carbonyl (C=O) groups is 2. The van der Waals surface area contributed by atoms with Crippen LogP contribution in [0.3, 0.4) is 0 Å². The molecule has 3 aromatic rings. The first kappa shape index (κ1) is 20.1. The SMILES string of the molecule is Cc1ccc(CNC(=O)c2ccccc2NCC(=O)Nc2ccc(C)cc2)cc1. The predicted octanol–water partition coefficient (Wildman–Crippen LogP) is 4.28. The Kier molecular flexibility index (Phi) is 6.63. The van der Waals surface area contributed by atoms with E-state index in [9.17, 15) is 9.59 Å². The van der Waals surface area contributed by atoms with Crippen molar-refractivity contribution < 1.29 is 9.59 Å². The lowest BCUT2D eigenvalue weighted by atomic mass is 10.1. The maximum Gasteiger partial charge on any atom is 0.253 e. The normalized spacial score (nSPS) is 10.3. The highest BCUT2D eigenvalue weighted by Gasteiger charge is 2.12. The summed E-state index contributed by atoms with van der Waals surface area (Å²) in [5, 5.41) is 8.82. The van der Waals surface area contributed by atoms with E-state index in [1.165, 1.54) is 5.56 Å². The van der Waals surface area contributed by atoms with Crippen molar-refractivity contribution in [3.63, 3.8) is 0 Å². The fraction of sp³-hybridized carbons (Fsp3) is 0.167. The molecule has 3 aromatic carbocycles. The second-order valence-electron chi connectivity index (χ2n) is 6.98. The van der Waals surface area contributed by atoms with Gasteiger partial charge >= 0.3 is 0 Å². The van der Waals surface area contributed by atoms with E-state index in [-0.39, 0.29) is 18.4 Å². The molecule has 0 aliphatic rings. The average Bonchev–Trinajstić information content (AvgIpc) is 2.73. The molecule has 5 nitrogen and oxygen atoms in total. The summed E-state index contributed by atoms with van der Waals surface area (Å²) < 4.78 is 0. The van der Waals surface area contributed by atoms with Crippen molar-refractivity contribution in [3.05, 3.63) is 95.1 Å². The Balaban J connectivity index is 1.57. The number of nitrogens with one attached hydrogen (secondary N) is 3. The number of rotatable bonds is 7. The molecule has 0 radical (unpaired) electrons. The average molecular weight is 387 g/mol. The lowest BCUT2D eigenvalue weighted by molar-refractivity contribution is -0.114. The van der Waals surface area contributed by atoms with Gasteiger partial charge in [-0.3, -0.25) is 9.59 Å². The number of anilines is 2. The summed E-state index contributed by atoms with van der Waals surface area (Å²) in [6, 6.07) is 22.8. The molecule has 0 saturated carbocycles. The first-order chi connectivity index (χ1) is 14.0. The molecule has 148 valence electrons. The van der Waals surface area contributed by atoms with Crippen LogP contribution < -0.4 is 16.0 Å². The van der Waals surface area contributed by atoms with Crippen LogP contribution in [0.25, 0.3) is 0 Å². The smallest absolute Gasteiger partial charge is 0.253 e. The van der Waals surface area contributed by atoms with E-state index in [1.54, 1.807) is 18.2 Å². The molecule has 0 aromatic heterocycles. The molecule has 3 N–H and O–H groups in total. The number of hydrogen-bond acceptors (Lipinski definition) is 3. The fourth-order valence-corrected chi connectivity index (χ4v) is 2.84. The molecule has 0 saturated heterocycles. The van der Waals surface area contributed by atoms with Crippen molar-refractivity contribution in [1.82, 2.24) is 5.32 Å². The number of benzene rings is 3. The Hall–Kier alpha value is -3.60. The monoisotopic (exact) mass is 387 g/mol. The van der Waals surface area contributed by atoms with Crippen LogP contribution in [0.15, 0.2) is 72.8 Å². The summed E-state index contributed by atoms with van der Waals surface area (Å²) in [6.45, 7) is 4.53. The van der Waals surface area contributed by atoms with Gasteiger partial charge in [0.05, 0.1) is 12.1 Å². The lowest BCUT2D eigenvalue weighted by Gasteiger charge is -2.13. The zero-order valence-corrected chi connectivity index (χ0v) is 16.7. The van der Waals surface area contributed by atoms with Crippen molar-refractivity contribution in [3.8, 4) is 0 Å². The minimum atomic E-state index is -0.187. The third-order valence-electron chi connectivity index (χ3n) is 4.52. The Labute approximate surface area is 171 Å². The Morgan fingerprint density at radius 3 is 2.10 bits per heavy atom. The van der Waals surface area contributed by atoms with Crippen LogP contribution in [0, 0.1) is 13.8 Å². The first-order valence-electron chi connectivity index (χ1n) is 9.54. The van der Waals surface area contributed by atoms with Crippen LogP contribution in [-0.4, -0.2) is 18.4 Å². The quantitative estimate of drug-likeness (QED) is 0.567. The second kappa shape index (κ2) is 9.55. The van der Waals surface area contributed by atoms with E-state index in [0.717, 1.165) is 16.8 Å². The molecule has 0 spiro atoms. The molecule has 0 atom stereocenters. The van der Waals surface area contributed by atoms with E-state index in [4.69, 9.17) is 0 Å². The van der Waals surface area contributed by atoms with Crippen LogP contribution >= 0.6 is 0 Å². The molecular formula is C24H25N3O2. The van der Waals surface area contributed by atoms with Crippen molar-refractivity contribution in [2.75, 3.05) is 17.2 Å². The van der Waals surface area contributed by atoms with Crippen LogP contribution in [0.2, 0.25) is 0 Å². The highest BCUT2D eigenvalue weighted by Crippen LogP contribution is 2.15. The minimum absolute atomic E-state index is 0.0656. The summed E-state index contributed by atoms with van der Waals surface area (Å²) in [7, 11) is 0. The van der Waals surface area contributed by atoms with Gasteiger partial charge in [0.1, 0.15) is 0 Å². The zero-order chi connectivity index (χ0) is 20.6. The number of aryl methyl sites for hydroxylation is 2. The van der Waals surface area contributed by atoms with Gasteiger partial charge < -0.3 is 16.0 Å². The summed E-state index contributed by atoms with van der Waals surface area (Å²) >= 11 is 0. The van der Waals surface area contributed by atoms with Crippen LogP contribution in [-0.2, 0) is 11.3 Å². The van der Waals surface area contributed by atoms with Gasteiger partial charge in [-0.15, -0.1) is 0 Å². The van der Waals surface area contributed by atoms with E-state index in [0.29, 0.717) is 17.8 Å². The molecule has 0 aliphatic carbocycles. The van der Waals surface area contributed by atoms with E-state index in [2.05, 4.69) is 16.0 Å². The topological polar surface area (TPSA) is 70.2 Å². The van der Waals surface area contributed by atoms with Crippen molar-refractivity contribution in [2.45, 2.75) is 20.4 Å². The van der Waals surface area contributed by atoms with E-state index in [1.807, 2.05) is 68.4 Å². The number of para-hydroxylation sites is 1. The minimum Gasteiger partial charge on any atom is -0.376 e. The largest absolute Gasteiger partial charge is 0.376 e. The highest BCUT2D eigenvalue weighted by molar-refractivity contribution is 6.00. The third kappa shape index (κ3) is 5.94. The van der Waals surface area contributed by atoms with Gasteiger partial charge in [0.15, 0.2) is 0 Å².